The van der Waals surface area contributed by atoms with Crippen molar-refractivity contribution in [2.75, 3.05) is 5.73 Å². The predicted octanol–water partition coefficient (Wildman–Crippen LogP) is 3.37. The second-order valence-electron chi connectivity index (χ2n) is 4.18. The van der Waals surface area contributed by atoms with Crippen LogP contribution in [0.1, 0.15) is 23.6 Å². The Balaban J connectivity index is 2.10. The van der Waals surface area contributed by atoms with E-state index in [2.05, 4.69) is 61.8 Å². The highest BCUT2D eigenvalue weighted by molar-refractivity contribution is 14.1. The summed E-state index contributed by atoms with van der Waals surface area (Å²) in [7, 11) is 0. The molecule has 17 heavy (non-hydrogen) atoms. The molecule has 1 heterocycles. The highest BCUT2D eigenvalue weighted by atomic mass is 127. The molecule has 0 radical (unpaired) electrons. The fraction of sp³-hybridized carbons (Fsp3) is 0.250. The van der Waals surface area contributed by atoms with Gasteiger partial charge in [-0.25, -0.2) is 4.68 Å². The third-order valence-electron chi connectivity index (χ3n) is 3.26. The van der Waals surface area contributed by atoms with Gasteiger partial charge >= 0.3 is 0 Å². The van der Waals surface area contributed by atoms with Crippen molar-refractivity contribution in [2.45, 2.75) is 18.9 Å². The lowest BCUT2D eigenvalue weighted by Gasteiger charge is -2.14. The van der Waals surface area contributed by atoms with Gasteiger partial charge in [0.25, 0.3) is 0 Å². The predicted molar refractivity (Wildman–Crippen MR) is 80.0 cm³/mol. The maximum absolute atomic E-state index is 6.06. The number of hydrogen-bond donors (Lipinski definition) is 1. The minimum absolute atomic E-state index is 0.283. The first-order chi connectivity index (χ1) is 8.18. The molecule has 1 aliphatic rings. The summed E-state index contributed by atoms with van der Waals surface area (Å²) in [4.78, 5) is 0. The van der Waals surface area contributed by atoms with Crippen molar-refractivity contribution in [2.24, 2.45) is 0 Å². The molecule has 0 aliphatic heterocycles. The van der Waals surface area contributed by atoms with Crippen LogP contribution < -0.4 is 5.73 Å². The zero-order valence-corrected chi connectivity index (χ0v) is 12.8. The largest absolute Gasteiger partial charge is 0.383 e. The van der Waals surface area contributed by atoms with E-state index in [1.807, 2.05) is 10.9 Å². The second kappa shape index (κ2) is 4.28. The number of nitrogens with zero attached hydrogens (tertiary/aromatic N) is 2. The van der Waals surface area contributed by atoms with Gasteiger partial charge in [-0.3, -0.25) is 0 Å². The van der Waals surface area contributed by atoms with Crippen LogP contribution in [0.15, 0.2) is 28.9 Å². The Hall–Kier alpha value is -0.560. The lowest BCUT2D eigenvalue weighted by Crippen LogP contribution is -2.12. The number of nitrogen functional groups attached to an aromatic ring is 1. The van der Waals surface area contributed by atoms with Crippen LogP contribution in [0.3, 0.4) is 0 Å². The second-order valence-corrected chi connectivity index (χ2v) is 6.20. The zero-order valence-electron chi connectivity index (χ0n) is 9.03. The maximum Gasteiger partial charge on any atom is 0.135 e. The van der Waals surface area contributed by atoms with Gasteiger partial charge < -0.3 is 5.73 Å². The number of nitrogens with two attached hydrogens (primary N) is 1. The van der Waals surface area contributed by atoms with E-state index in [1.54, 1.807) is 0 Å². The van der Waals surface area contributed by atoms with Crippen molar-refractivity contribution >= 4 is 44.3 Å². The minimum Gasteiger partial charge on any atom is -0.383 e. The lowest BCUT2D eigenvalue weighted by molar-refractivity contribution is 0.527. The van der Waals surface area contributed by atoms with E-state index in [0.29, 0.717) is 0 Å². The molecule has 0 fully saturated rings. The monoisotopic (exact) mass is 403 g/mol. The van der Waals surface area contributed by atoms with E-state index < -0.39 is 0 Å². The quantitative estimate of drug-likeness (QED) is 0.742. The number of rotatable bonds is 1. The molecule has 2 N–H and O–H groups in total. The summed E-state index contributed by atoms with van der Waals surface area (Å²) in [5.74, 6) is 0.767. The number of hydrogen-bond acceptors (Lipinski definition) is 2. The standard InChI is InChI=1S/C12H11BrIN3/c13-9-3-1-2-8-7(9)4-5-11(8)17-12(15)10(14)6-16-17/h1-3,6,11H,4-5,15H2. The highest BCUT2D eigenvalue weighted by Gasteiger charge is 2.27. The smallest absolute Gasteiger partial charge is 0.135 e. The van der Waals surface area contributed by atoms with Crippen molar-refractivity contribution in [3.8, 4) is 0 Å². The topological polar surface area (TPSA) is 43.8 Å². The van der Waals surface area contributed by atoms with E-state index in [4.69, 9.17) is 5.73 Å². The molecule has 3 nitrogen and oxygen atoms in total. The molecule has 1 aliphatic carbocycles. The van der Waals surface area contributed by atoms with Crippen LogP contribution in [0, 0.1) is 3.57 Å². The fourth-order valence-electron chi connectivity index (χ4n) is 2.44. The average Bonchev–Trinajstić information content (AvgIpc) is 2.86. The van der Waals surface area contributed by atoms with Gasteiger partial charge in [-0.2, -0.15) is 5.10 Å². The molecule has 1 unspecified atom stereocenters. The van der Waals surface area contributed by atoms with Crippen molar-refractivity contribution in [3.63, 3.8) is 0 Å². The Labute approximate surface area is 122 Å². The van der Waals surface area contributed by atoms with Crippen LogP contribution in [0.25, 0.3) is 0 Å². The summed E-state index contributed by atoms with van der Waals surface area (Å²) in [6.45, 7) is 0. The van der Waals surface area contributed by atoms with Gasteiger partial charge in [0.15, 0.2) is 0 Å². The molecule has 0 bridgehead atoms. The number of fused-ring (bicyclic) bond motifs is 1. The summed E-state index contributed by atoms with van der Waals surface area (Å²) < 4.78 is 4.16. The van der Waals surface area contributed by atoms with Crippen LogP contribution in [0.4, 0.5) is 5.82 Å². The molecule has 0 saturated heterocycles. The number of aromatic nitrogens is 2. The molecule has 5 heteroatoms. The molecule has 3 rings (SSSR count). The first kappa shape index (κ1) is 11.5. The SMILES string of the molecule is Nc1c(I)cnn1C1CCc2c(Br)cccc21. The van der Waals surface area contributed by atoms with Crippen LogP contribution in [0.5, 0.6) is 0 Å². The zero-order chi connectivity index (χ0) is 12.0. The van der Waals surface area contributed by atoms with Gasteiger partial charge in [0, 0.05) is 4.47 Å². The normalized spacial score (nSPS) is 18.4. The van der Waals surface area contributed by atoms with E-state index in [0.717, 1.165) is 22.2 Å². The van der Waals surface area contributed by atoms with Crippen LogP contribution in [0.2, 0.25) is 0 Å². The Morgan fingerprint density at radius 2 is 2.29 bits per heavy atom. The number of anilines is 1. The van der Waals surface area contributed by atoms with E-state index in [-0.39, 0.29) is 6.04 Å². The van der Waals surface area contributed by atoms with Crippen LogP contribution in [-0.4, -0.2) is 9.78 Å². The van der Waals surface area contributed by atoms with Gasteiger partial charge in [-0.15, -0.1) is 0 Å². The van der Waals surface area contributed by atoms with Gasteiger partial charge in [-0.05, 0) is 52.6 Å². The molecule has 0 spiro atoms. The molecule has 1 atom stereocenters. The third-order valence-corrected chi connectivity index (χ3v) is 4.84. The molecule has 1 aromatic carbocycles. The van der Waals surface area contributed by atoms with Gasteiger partial charge in [0.05, 0.1) is 15.8 Å². The average molecular weight is 404 g/mol. The molecule has 0 amide bonds. The number of halogens is 2. The maximum atomic E-state index is 6.06. The first-order valence-corrected chi connectivity index (χ1v) is 7.31. The third kappa shape index (κ3) is 1.79. The summed E-state index contributed by atoms with van der Waals surface area (Å²) in [6.07, 6.45) is 3.98. The highest BCUT2D eigenvalue weighted by Crippen LogP contribution is 2.39. The minimum atomic E-state index is 0.283. The van der Waals surface area contributed by atoms with Gasteiger partial charge in [-0.1, -0.05) is 28.1 Å². The van der Waals surface area contributed by atoms with E-state index >= 15 is 0 Å². The summed E-state index contributed by atoms with van der Waals surface area (Å²) in [6, 6.07) is 6.63. The van der Waals surface area contributed by atoms with Crippen molar-refractivity contribution < 1.29 is 0 Å². The van der Waals surface area contributed by atoms with Crippen molar-refractivity contribution in [1.29, 1.82) is 0 Å². The van der Waals surface area contributed by atoms with Crippen LogP contribution in [-0.2, 0) is 6.42 Å². The molecule has 2 aromatic rings. The Bertz CT molecular complexity index is 579. The van der Waals surface area contributed by atoms with Crippen LogP contribution >= 0.6 is 38.5 Å². The Morgan fingerprint density at radius 1 is 1.47 bits per heavy atom. The molecular formula is C12H11BrIN3. The van der Waals surface area contributed by atoms with Gasteiger partial charge in [0.1, 0.15) is 5.82 Å². The van der Waals surface area contributed by atoms with Crippen molar-refractivity contribution in [1.82, 2.24) is 9.78 Å². The lowest BCUT2D eigenvalue weighted by atomic mass is 10.1. The summed E-state index contributed by atoms with van der Waals surface area (Å²) in [5.41, 5.74) is 8.79. The van der Waals surface area contributed by atoms with E-state index in [9.17, 15) is 0 Å². The number of benzene rings is 1. The van der Waals surface area contributed by atoms with E-state index in [1.165, 1.54) is 15.6 Å². The molecule has 1 aromatic heterocycles. The molecular weight excluding hydrogens is 393 g/mol. The summed E-state index contributed by atoms with van der Waals surface area (Å²) in [5, 5.41) is 4.39. The molecule has 0 saturated carbocycles. The van der Waals surface area contributed by atoms with Crippen molar-refractivity contribution in [3.05, 3.63) is 43.6 Å². The Morgan fingerprint density at radius 3 is 3.00 bits per heavy atom. The summed E-state index contributed by atoms with van der Waals surface area (Å²) >= 11 is 5.83. The fourth-order valence-corrected chi connectivity index (χ4v) is 3.39. The molecule has 88 valence electrons. The first-order valence-electron chi connectivity index (χ1n) is 5.44. The Kier molecular flexibility index (Phi) is 2.90. The van der Waals surface area contributed by atoms with Gasteiger partial charge in [0.2, 0.25) is 0 Å².